The van der Waals surface area contributed by atoms with Gasteiger partial charge in [0.2, 0.25) is 0 Å². The average molecular weight is 577 g/mol. The van der Waals surface area contributed by atoms with Crippen LogP contribution < -0.4 is 15.4 Å². The monoisotopic (exact) mass is 576 g/mol. The Bertz CT molecular complexity index is 1520. The van der Waals surface area contributed by atoms with Gasteiger partial charge >= 0.3 is 18.4 Å². The predicted octanol–water partition coefficient (Wildman–Crippen LogP) is 7.80. The molecule has 0 aliphatic carbocycles. The number of rotatable bonds is 11. The van der Waals surface area contributed by atoms with Gasteiger partial charge in [-0.15, -0.1) is 13.2 Å². The van der Waals surface area contributed by atoms with Crippen LogP contribution in [-0.4, -0.2) is 29.3 Å². The minimum Gasteiger partial charge on any atom is -0.481 e. The maximum absolute atomic E-state index is 12.8. The molecule has 4 aromatic rings. The number of nitrogens with one attached hydrogen (secondary N) is 2. The van der Waals surface area contributed by atoms with E-state index in [0.717, 1.165) is 22.8 Å². The van der Waals surface area contributed by atoms with Crippen molar-refractivity contribution in [1.82, 2.24) is 0 Å². The molecule has 1 unspecified atom stereocenters. The molecule has 0 radical (unpaired) electrons. The predicted molar refractivity (Wildman–Crippen MR) is 152 cm³/mol. The first-order chi connectivity index (χ1) is 20.1. The number of hydrogen-bond acceptors (Lipinski definition) is 4. The summed E-state index contributed by atoms with van der Waals surface area (Å²) in [6.07, 6.45) is -4.08. The molecule has 42 heavy (non-hydrogen) atoms. The molecule has 0 spiro atoms. The summed E-state index contributed by atoms with van der Waals surface area (Å²) >= 11 is 0. The highest BCUT2D eigenvalue weighted by atomic mass is 19.4. The lowest BCUT2D eigenvalue weighted by Crippen LogP contribution is -2.22. The van der Waals surface area contributed by atoms with Crippen molar-refractivity contribution < 1.29 is 37.4 Å². The third kappa shape index (κ3) is 8.69. The van der Waals surface area contributed by atoms with E-state index >= 15 is 0 Å². The first-order valence-electron chi connectivity index (χ1n) is 13.0. The zero-order chi connectivity index (χ0) is 30.1. The van der Waals surface area contributed by atoms with Crippen LogP contribution in [-0.2, 0) is 11.2 Å². The van der Waals surface area contributed by atoms with E-state index in [0.29, 0.717) is 24.1 Å². The molecule has 4 aromatic carbocycles. The number of anilines is 2. The van der Waals surface area contributed by atoms with Gasteiger partial charge in [-0.1, -0.05) is 78.9 Å². The van der Waals surface area contributed by atoms with Gasteiger partial charge in [-0.05, 0) is 53.8 Å². The van der Waals surface area contributed by atoms with Gasteiger partial charge in [-0.2, -0.15) is 0 Å². The topological polar surface area (TPSA) is 105 Å². The van der Waals surface area contributed by atoms with Gasteiger partial charge in [-0.25, -0.2) is 4.79 Å². The van der Waals surface area contributed by atoms with Crippen LogP contribution in [0, 0.1) is 5.92 Å². The fourth-order valence-corrected chi connectivity index (χ4v) is 4.30. The second-order valence-corrected chi connectivity index (χ2v) is 9.46. The van der Waals surface area contributed by atoms with Gasteiger partial charge in [0.1, 0.15) is 0 Å². The SMILES string of the molecule is O=C(Nc1ccc(-c2ccc(C(=O)CC(CCc3ccccc3)C(=O)O)cc2)cc1)Nc1ccccc1OC(F)(F)F. The quantitative estimate of drug-likeness (QED) is 0.158. The average Bonchev–Trinajstić information content (AvgIpc) is 2.96. The van der Waals surface area contributed by atoms with E-state index in [1.165, 1.54) is 18.2 Å². The van der Waals surface area contributed by atoms with Crippen LogP contribution in [0.4, 0.5) is 29.3 Å². The third-order valence-electron chi connectivity index (χ3n) is 6.45. The van der Waals surface area contributed by atoms with Crippen LogP contribution >= 0.6 is 0 Å². The summed E-state index contributed by atoms with van der Waals surface area (Å²) < 4.78 is 41.8. The van der Waals surface area contributed by atoms with Gasteiger partial charge < -0.3 is 20.5 Å². The van der Waals surface area contributed by atoms with Crippen molar-refractivity contribution >= 4 is 29.2 Å². The normalized spacial score (nSPS) is 11.8. The second kappa shape index (κ2) is 13.5. The molecule has 7 nitrogen and oxygen atoms in total. The number of carbonyl (C=O) groups excluding carboxylic acids is 2. The van der Waals surface area contributed by atoms with Crippen molar-refractivity contribution in [3.05, 3.63) is 114 Å². The Morgan fingerprint density at radius 2 is 1.36 bits per heavy atom. The van der Waals surface area contributed by atoms with Gasteiger partial charge in [0.15, 0.2) is 11.5 Å². The number of para-hydroxylation sites is 2. The number of carboxylic acid groups (broad SMARTS) is 1. The van der Waals surface area contributed by atoms with Crippen LogP contribution in [0.5, 0.6) is 5.75 Å². The number of Topliss-reactive ketones (excluding diaryl/α,β-unsaturated/α-hetero) is 1. The molecule has 3 N–H and O–H groups in total. The van der Waals surface area contributed by atoms with Crippen molar-refractivity contribution in [2.45, 2.75) is 25.6 Å². The van der Waals surface area contributed by atoms with Gasteiger partial charge in [-0.3, -0.25) is 9.59 Å². The largest absolute Gasteiger partial charge is 0.573 e. The first kappa shape index (κ1) is 29.9. The third-order valence-corrected chi connectivity index (χ3v) is 6.45. The van der Waals surface area contributed by atoms with E-state index in [-0.39, 0.29) is 17.9 Å². The number of amides is 2. The van der Waals surface area contributed by atoms with E-state index < -0.39 is 30.0 Å². The number of ketones is 1. The summed E-state index contributed by atoms with van der Waals surface area (Å²) in [6.45, 7) is 0. The first-order valence-corrected chi connectivity index (χ1v) is 13.0. The lowest BCUT2D eigenvalue weighted by Gasteiger charge is -2.14. The fraction of sp³-hybridized carbons (Fsp3) is 0.156. The van der Waals surface area contributed by atoms with Crippen molar-refractivity contribution in [2.24, 2.45) is 5.92 Å². The molecule has 0 saturated heterocycles. The summed E-state index contributed by atoms with van der Waals surface area (Å²) in [4.78, 5) is 36.9. The summed E-state index contributed by atoms with van der Waals surface area (Å²) in [5.74, 6) is -2.59. The summed E-state index contributed by atoms with van der Waals surface area (Å²) in [5.41, 5.74) is 3.25. The van der Waals surface area contributed by atoms with E-state index in [1.807, 2.05) is 30.3 Å². The highest BCUT2D eigenvalue weighted by molar-refractivity contribution is 6.01. The Morgan fingerprint density at radius 1 is 0.762 bits per heavy atom. The number of carbonyl (C=O) groups is 3. The molecule has 0 saturated carbocycles. The summed E-state index contributed by atoms with van der Waals surface area (Å²) in [5, 5.41) is 14.5. The lowest BCUT2D eigenvalue weighted by atomic mass is 9.92. The van der Waals surface area contributed by atoms with Crippen LogP contribution in [0.15, 0.2) is 103 Å². The minimum atomic E-state index is -4.90. The molecule has 0 fully saturated rings. The Balaban J connectivity index is 1.33. The van der Waals surface area contributed by atoms with E-state index in [1.54, 1.807) is 48.5 Å². The number of aliphatic carboxylic acids is 1. The molecule has 2 amide bonds. The second-order valence-electron chi connectivity index (χ2n) is 9.46. The molecule has 0 aliphatic heterocycles. The minimum absolute atomic E-state index is 0.100. The van der Waals surface area contributed by atoms with Crippen LogP contribution in [0.1, 0.15) is 28.8 Å². The van der Waals surface area contributed by atoms with Crippen LogP contribution in [0.25, 0.3) is 11.1 Å². The number of aryl methyl sites for hydroxylation is 1. The smallest absolute Gasteiger partial charge is 0.481 e. The van der Waals surface area contributed by atoms with E-state index in [2.05, 4.69) is 15.4 Å². The van der Waals surface area contributed by atoms with Gasteiger partial charge in [0, 0.05) is 17.7 Å². The highest BCUT2D eigenvalue weighted by Gasteiger charge is 2.32. The lowest BCUT2D eigenvalue weighted by molar-refractivity contribution is -0.274. The Labute approximate surface area is 240 Å². The zero-order valence-corrected chi connectivity index (χ0v) is 22.2. The van der Waals surface area contributed by atoms with Crippen molar-refractivity contribution in [3.63, 3.8) is 0 Å². The summed E-state index contributed by atoms with van der Waals surface area (Å²) in [7, 11) is 0. The van der Waals surface area contributed by atoms with Crippen molar-refractivity contribution in [3.8, 4) is 16.9 Å². The molecule has 10 heteroatoms. The molecular formula is C32H27F3N2O5. The maximum Gasteiger partial charge on any atom is 0.573 e. The standard InChI is InChI=1S/C32H27F3N2O5/c33-32(34,35)42-29-9-5-4-8-27(29)37-31(41)36-26-18-16-23(17-19-26)22-12-14-24(15-13-22)28(38)20-25(30(39)40)11-10-21-6-2-1-3-7-21/h1-9,12-19,25H,10-11,20H2,(H,39,40)(H2,36,37,41). The Morgan fingerprint density at radius 3 is 1.98 bits per heavy atom. The molecule has 0 bridgehead atoms. The maximum atomic E-state index is 12.8. The number of alkyl halides is 3. The van der Waals surface area contributed by atoms with Crippen molar-refractivity contribution in [1.29, 1.82) is 0 Å². The number of carboxylic acids is 1. The molecule has 1 atom stereocenters. The fourth-order valence-electron chi connectivity index (χ4n) is 4.30. The molecule has 4 rings (SSSR count). The zero-order valence-electron chi connectivity index (χ0n) is 22.2. The molecule has 0 aromatic heterocycles. The Kier molecular flexibility index (Phi) is 9.59. The van der Waals surface area contributed by atoms with Gasteiger partial charge in [0.25, 0.3) is 0 Å². The summed E-state index contributed by atoms with van der Waals surface area (Å²) in [6, 6.07) is 27.4. The molecule has 0 aliphatic rings. The van der Waals surface area contributed by atoms with E-state index in [4.69, 9.17) is 0 Å². The van der Waals surface area contributed by atoms with Crippen molar-refractivity contribution in [2.75, 3.05) is 10.6 Å². The highest BCUT2D eigenvalue weighted by Crippen LogP contribution is 2.30. The Hall–Kier alpha value is -5.12. The van der Waals surface area contributed by atoms with E-state index in [9.17, 15) is 32.7 Å². The number of halogens is 3. The van der Waals surface area contributed by atoms with Gasteiger partial charge in [0.05, 0.1) is 11.6 Å². The molecule has 0 heterocycles. The van der Waals surface area contributed by atoms with Crippen LogP contribution in [0.3, 0.4) is 0 Å². The number of hydrogen-bond donors (Lipinski definition) is 3. The molecular weight excluding hydrogens is 549 g/mol. The molecule has 216 valence electrons. The number of ether oxygens (including phenoxy) is 1. The number of benzene rings is 4. The number of urea groups is 1. The van der Waals surface area contributed by atoms with Crippen LogP contribution in [0.2, 0.25) is 0 Å².